The lowest BCUT2D eigenvalue weighted by Gasteiger charge is -2.14. The first-order valence-electron chi connectivity index (χ1n) is 10.7. The van der Waals surface area contributed by atoms with E-state index in [2.05, 4.69) is 36.1 Å². The van der Waals surface area contributed by atoms with E-state index in [1.165, 1.54) is 0 Å². The van der Waals surface area contributed by atoms with Crippen molar-refractivity contribution in [1.29, 1.82) is 0 Å². The Morgan fingerprint density at radius 2 is 1.74 bits per heavy atom. The van der Waals surface area contributed by atoms with Gasteiger partial charge in [0.05, 0.1) is 5.41 Å². The zero-order valence-corrected chi connectivity index (χ0v) is 18.0. The lowest BCUT2D eigenvalue weighted by Crippen LogP contribution is -2.19. The minimum atomic E-state index is -0.727. The maximum Gasteiger partial charge on any atom is 0.314 e. The van der Waals surface area contributed by atoms with E-state index in [1.807, 2.05) is 49.4 Å². The van der Waals surface area contributed by atoms with E-state index >= 15 is 0 Å². The van der Waals surface area contributed by atoms with Gasteiger partial charge in [0, 0.05) is 11.6 Å². The van der Waals surface area contributed by atoms with Crippen molar-refractivity contribution >= 4 is 11.7 Å². The molecule has 3 aromatic rings. The van der Waals surface area contributed by atoms with Crippen LogP contribution in [0.25, 0.3) is 22.5 Å². The third-order valence-corrected chi connectivity index (χ3v) is 6.13. The SMILES string of the molecule is C=CCCC(C)Nc1c(C)noc1-c1ccc(-c2ccc(C3(C(=O)O)CC3)cc2)cc1. The van der Waals surface area contributed by atoms with Crippen molar-refractivity contribution in [3.63, 3.8) is 0 Å². The third-order valence-electron chi connectivity index (χ3n) is 6.13. The molecule has 1 aromatic heterocycles. The van der Waals surface area contributed by atoms with Crippen molar-refractivity contribution in [2.45, 2.75) is 51.0 Å². The van der Waals surface area contributed by atoms with Crippen LogP contribution in [0.15, 0.2) is 65.7 Å². The zero-order chi connectivity index (χ0) is 22.0. The van der Waals surface area contributed by atoms with E-state index in [0.717, 1.165) is 65.1 Å². The number of carboxylic acids is 1. The average Bonchev–Trinajstić information content (AvgIpc) is 3.53. The number of benzene rings is 2. The van der Waals surface area contributed by atoms with E-state index in [-0.39, 0.29) is 6.04 Å². The van der Waals surface area contributed by atoms with E-state index < -0.39 is 11.4 Å². The minimum absolute atomic E-state index is 0.285. The Balaban J connectivity index is 1.53. The summed E-state index contributed by atoms with van der Waals surface area (Å²) in [5.74, 6) is 0.0113. The Morgan fingerprint density at radius 1 is 1.16 bits per heavy atom. The minimum Gasteiger partial charge on any atom is -0.481 e. The highest BCUT2D eigenvalue weighted by atomic mass is 16.5. The molecular formula is C26H28N2O3. The molecule has 1 aliphatic rings. The van der Waals surface area contributed by atoms with Crippen LogP contribution in [0.4, 0.5) is 5.69 Å². The standard InChI is InChI=1S/C26H28N2O3/c1-4-5-6-17(2)27-23-18(3)28-31-24(23)21-9-7-19(8-10-21)20-11-13-22(14-12-20)26(15-16-26)25(29)30/h4,7-14,17,27H,1,5-6,15-16H2,2-3H3,(H,29,30). The van der Waals surface area contributed by atoms with Crippen LogP contribution in [0.3, 0.4) is 0 Å². The number of aryl methyl sites for hydroxylation is 1. The molecule has 0 radical (unpaired) electrons. The molecule has 1 aliphatic carbocycles. The monoisotopic (exact) mass is 416 g/mol. The molecule has 1 saturated carbocycles. The van der Waals surface area contributed by atoms with Crippen LogP contribution in [0.5, 0.6) is 0 Å². The number of hydrogen-bond acceptors (Lipinski definition) is 4. The van der Waals surface area contributed by atoms with Gasteiger partial charge in [0.2, 0.25) is 0 Å². The van der Waals surface area contributed by atoms with Gasteiger partial charge in [0.1, 0.15) is 11.4 Å². The fourth-order valence-corrected chi connectivity index (χ4v) is 3.97. The van der Waals surface area contributed by atoms with Gasteiger partial charge in [0.25, 0.3) is 0 Å². The normalized spacial score (nSPS) is 15.3. The summed E-state index contributed by atoms with van der Waals surface area (Å²) in [7, 11) is 0. The lowest BCUT2D eigenvalue weighted by molar-refractivity contribution is -0.140. The Hall–Kier alpha value is -3.34. The first-order chi connectivity index (χ1) is 14.9. The number of carboxylic acid groups (broad SMARTS) is 1. The van der Waals surface area contributed by atoms with Crippen LogP contribution < -0.4 is 5.32 Å². The molecular weight excluding hydrogens is 388 g/mol. The molecule has 1 atom stereocenters. The number of rotatable bonds is 9. The molecule has 5 nitrogen and oxygen atoms in total. The van der Waals surface area contributed by atoms with Gasteiger partial charge in [0.15, 0.2) is 5.76 Å². The van der Waals surface area contributed by atoms with Gasteiger partial charge >= 0.3 is 5.97 Å². The van der Waals surface area contributed by atoms with E-state index in [9.17, 15) is 9.90 Å². The molecule has 0 spiro atoms. The van der Waals surface area contributed by atoms with Crippen LogP contribution in [0, 0.1) is 6.92 Å². The number of allylic oxidation sites excluding steroid dienone is 1. The highest BCUT2D eigenvalue weighted by Gasteiger charge is 2.51. The van der Waals surface area contributed by atoms with Gasteiger partial charge in [-0.05, 0) is 56.2 Å². The highest BCUT2D eigenvalue weighted by Crippen LogP contribution is 2.48. The topological polar surface area (TPSA) is 75.4 Å². The van der Waals surface area contributed by atoms with Gasteiger partial charge in [-0.3, -0.25) is 4.79 Å². The largest absolute Gasteiger partial charge is 0.481 e. The molecule has 0 saturated heterocycles. The van der Waals surface area contributed by atoms with Crippen molar-refractivity contribution in [3.8, 4) is 22.5 Å². The van der Waals surface area contributed by atoms with Gasteiger partial charge in [-0.1, -0.05) is 59.8 Å². The third kappa shape index (κ3) is 4.13. The Labute approximate surface area is 182 Å². The summed E-state index contributed by atoms with van der Waals surface area (Å²) < 4.78 is 5.63. The van der Waals surface area contributed by atoms with Crippen molar-refractivity contribution < 1.29 is 14.4 Å². The summed E-state index contributed by atoms with van der Waals surface area (Å²) in [5, 5.41) is 17.2. The molecule has 2 N–H and O–H groups in total. The van der Waals surface area contributed by atoms with Crippen LogP contribution >= 0.6 is 0 Å². The molecule has 1 unspecified atom stereocenters. The van der Waals surface area contributed by atoms with Gasteiger partial charge in [-0.2, -0.15) is 0 Å². The van der Waals surface area contributed by atoms with Crippen LogP contribution in [-0.2, 0) is 10.2 Å². The van der Waals surface area contributed by atoms with E-state index in [1.54, 1.807) is 0 Å². The number of hydrogen-bond donors (Lipinski definition) is 2. The molecule has 160 valence electrons. The Bertz CT molecular complexity index is 1080. The maximum atomic E-state index is 11.5. The summed E-state index contributed by atoms with van der Waals surface area (Å²) in [5.41, 5.74) is 5.08. The van der Waals surface area contributed by atoms with Crippen molar-refractivity contribution in [2.24, 2.45) is 0 Å². The molecule has 31 heavy (non-hydrogen) atoms. The second-order valence-electron chi connectivity index (χ2n) is 8.43. The van der Waals surface area contributed by atoms with Gasteiger partial charge in [-0.15, -0.1) is 6.58 Å². The molecule has 0 bridgehead atoms. The number of aliphatic carboxylic acids is 1. The van der Waals surface area contributed by atoms with Crippen LogP contribution in [0.1, 0.15) is 43.9 Å². The summed E-state index contributed by atoms with van der Waals surface area (Å²) >= 11 is 0. The fraction of sp³-hybridized carbons (Fsp3) is 0.308. The molecule has 1 fully saturated rings. The molecule has 0 aliphatic heterocycles. The number of aromatic nitrogens is 1. The van der Waals surface area contributed by atoms with Gasteiger partial charge in [-0.25, -0.2) is 0 Å². The summed E-state index contributed by atoms with van der Waals surface area (Å²) in [6.45, 7) is 7.87. The van der Waals surface area contributed by atoms with E-state index in [4.69, 9.17) is 4.52 Å². The van der Waals surface area contributed by atoms with Crippen molar-refractivity contribution in [3.05, 3.63) is 72.4 Å². The second-order valence-corrected chi connectivity index (χ2v) is 8.43. The van der Waals surface area contributed by atoms with Crippen LogP contribution in [-0.4, -0.2) is 22.3 Å². The van der Waals surface area contributed by atoms with Gasteiger partial charge < -0.3 is 14.9 Å². The summed E-state index contributed by atoms with van der Waals surface area (Å²) in [6.07, 6.45) is 5.31. The molecule has 0 amide bonds. The predicted molar refractivity (Wildman–Crippen MR) is 123 cm³/mol. The maximum absolute atomic E-state index is 11.5. The van der Waals surface area contributed by atoms with Crippen LogP contribution in [0.2, 0.25) is 0 Å². The Kier molecular flexibility index (Phi) is 5.68. The Morgan fingerprint density at radius 3 is 2.29 bits per heavy atom. The summed E-state index contributed by atoms with van der Waals surface area (Å²) in [4.78, 5) is 11.5. The average molecular weight is 417 g/mol. The number of nitrogens with zero attached hydrogens (tertiary/aromatic N) is 1. The fourth-order valence-electron chi connectivity index (χ4n) is 3.97. The lowest BCUT2D eigenvalue weighted by atomic mass is 9.93. The number of anilines is 1. The quantitative estimate of drug-likeness (QED) is 0.406. The molecule has 1 heterocycles. The molecule has 5 heteroatoms. The van der Waals surface area contributed by atoms with Crippen molar-refractivity contribution in [1.82, 2.24) is 5.16 Å². The second kappa shape index (κ2) is 8.42. The first kappa shape index (κ1) is 20.9. The smallest absolute Gasteiger partial charge is 0.314 e. The van der Waals surface area contributed by atoms with Crippen molar-refractivity contribution in [2.75, 3.05) is 5.32 Å². The summed E-state index contributed by atoms with van der Waals surface area (Å²) in [6, 6.07) is 16.3. The highest BCUT2D eigenvalue weighted by molar-refractivity contribution is 5.85. The first-order valence-corrected chi connectivity index (χ1v) is 10.7. The number of carbonyl (C=O) groups is 1. The number of nitrogens with one attached hydrogen (secondary N) is 1. The zero-order valence-electron chi connectivity index (χ0n) is 18.0. The molecule has 2 aromatic carbocycles. The van der Waals surface area contributed by atoms with E-state index in [0.29, 0.717) is 0 Å². The predicted octanol–water partition coefficient (Wildman–Crippen LogP) is 6.20. The molecule has 4 rings (SSSR count).